The van der Waals surface area contributed by atoms with Crippen LogP contribution in [0.2, 0.25) is 18.1 Å². The smallest absolute Gasteiger partial charge is 0.192 e. The van der Waals surface area contributed by atoms with Crippen molar-refractivity contribution in [3.63, 3.8) is 0 Å². The summed E-state index contributed by atoms with van der Waals surface area (Å²) in [5, 5.41) is 10.4. The fraction of sp³-hybridized carbons (Fsp3) is 0.588. The third kappa shape index (κ3) is 3.52. The van der Waals surface area contributed by atoms with Crippen LogP contribution in [-0.2, 0) is 9.16 Å². The average Bonchev–Trinajstić information content (AvgIpc) is 2.98. The number of fused-ring (bicyclic) bond motifs is 1. The molecule has 3 heterocycles. The SMILES string of the molecule is CC(C)(C)[Si](C)(C)OC[C@@H]1O[C@H](n2cnc3c(N)ncnc32)C=C[C@H]1O. The number of nitrogens with zero attached hydrogens (tertiary/aromatic N) is 4. The minimum atomic E-state index is -1.93. The number of rotatable bonds is 4. The van der Waals surface area contributed by atoms with Crippen molar-refractivity contribution in [3.05, 3.63) is 24.8 Å². The Hall–Kier alpha value is -1.81. The molecule has 0 aliphatic carbocycles. The van der Waals surface area contributed by atoms with Gasteiger partial charge in [-0.05, 0) is 24.2 Å². The van der Waals surface area contributed by atoms with Crippen LogP contribution in [0.4, 0.5) is 5.82 Å². The molecule has 26 heavy (non-hydrogen) atoms. The van der Waals surface area contributed by atoms with Crippen molar-refractivity contribution in [2.24, 2.45) is 0 Å². The number of anilines is 1. The molecule has 142 valence electrons. The molecular weight excluding hydrogens is 350 g/mol. The fourth-order valence-electron chi connectivity index (χ4n) is 2.50. The van der Waals surface area contributed by atoms with E-state index in [1.807, 2.05) is 0 Å². The number of imidazole rings is 1. The molecule has 3 rings (SSSR count). The van der Waals surface area contributed by atoms with Gasteiger partial charge in [-0.1, -0.05) is 26.8 Å². The predicted octanol–water partition coefficient (Wildman–Crippen LogP) is 2.24. The zero-order valence-electron chi connectivity index (χ0n) is 15.9. The van der Waals surface area contributed by atoms with Crippen molar-refractivity contribution in [1.29, 1.82) is 0 Å². The van der Waals surface area contributed by atoms with Crippen LogP contribution in [0.15, 0.2) is 24.8 Å². The first kappa shape index (κ1) is 19.0. The summed E-state index contributed by atoms with van der Waals surface area (Å²) in [5.74, 6) is 0.325. The average molecular weight is 378 g/mol. The maximum atomic E-state index is 10.3. The summed E-state index contributed by atoms with van der Waals surface area (Å²) < 4.78 is 14.1. The first-order chi connectivity index (χ1) is 12.1. The summed E-state index contributed by atoms with van der Waals surface area (Å²) in [4.78, 5) is 12.5. The Bertz CT molecular complexity index is 814. The van der Waals surface area contributed by atoms with Gasteiger partial charge in [0.1, 0.15) is 24.1 Å². The maximum Gasteiger partial charge on any atom is 0.192 e. The molecule has 3 N–H and O–H groups in total. The summed E-state index contributed by atoms with van der Waals surface area (Å²) in [6.45, 7) is 11.2. The number of ether oxygens (including phenoxy) is 1. The van der Waals surface area contributed by atoms with E-state index in [0.717, 1.165) is 0 Å². The number of aromatic nitrogens is 4. The van der Waals surface area contributed by atoms with Crippen molar-refractivity contribution in [3.8, 4) is 0 Å². The number of nitrogen functional groups attached to an aromatic ring is 1. The van der Waals surface area contributed by atoms with Crippen molar-refractivity contribution in [2.45, 2.75) is 57.3 Å². The molecular formula is C17H27N5O3Si. The quantitative estimate of drug-likeness (QED) is 0.621. The summed E-state index contributed by atoms with van der Waals surface area (Å²) in [6.07, 6.45) is 4.91. The highest BCUT2D eigenvalue weighted by molar-refractivity contribution is 6.74. The first-order valence-electron chi connectivity index (χ1n) is 8.69. The highest BCUT2D eigenvalue weighted by Crippen LogP contribution is 2.37. The molecule has 0 fully saturated rings. The Morgan fingerprint density at radius 3 is 2.69 bits per heavy atom. The molecule has 0 unspecified atom stereocenters. The van der Waals surface area contributed by atoms with Crippen LogP contribution in [0.1, 0.15) is 27.0 Å². The van der Waals surface area contributed by atoms with Crippen LogP contribution in [-0.4, -0.2) is 51.8 Å². The minimum absolute atomic E-state index is 0.0941. The molecule has 0 bridgehead atoms. The van der Waals surface area contributed by atoms with Gasteiger partial charge in [0.2, 0.25) is 0 Å². The van der Waals surface area contributed by atoms with E-state index in [-0.39, 0.29) is 5.04 Å². The number of hydrogen-bond acceptors (Lipinski definition) is 7. The molecule has 9 heteroatoms. The second-order valence-electron chi connectivity index (χ2n) is 8.09. The van der Waals surface area contributed by atoms with E-state index in [0.29, 0.717) is 23.6 Å². The van der Waals surface area contributed by atoms with Gasteiger partial charge in [-0.3, -0.25) is 4.57 Å². The molecule has 0 saturated carbocycles. The Morgan fingerprint density at radius 2 is 2.00 bits per heavy atom. The van der Waals surface area contributed by atoms with E-state index >= 15 is 0 Å². The fourth-order valence-corrected chi connectivity index (χ4v) is 3.51. The van der Waals surface area contributed by atoms with Crippen LogP contribution in [0, 0.1) is 0 Å². The molecule has 2 aromatic heterocycles. The summed E-state index contributed by atoms with van der Waals surface area (Å²) in [5.41, 5.74) is 6.97. The van der Waals surface area contributed by atoms with Gasteiger partial charge in [0, 0.05) is 0 Å². The second-order valence-corrected chi connectivity index (χ2v) is 12.9. The molecule has 1 aliphatic rings. The molecule has 0 saturated heterocycles. The van der Waals surface area contributed by atoms with E-state index in [2.05, 4.69) is 48.8 Å². The van der Waals surface area contributed by atoms with Crippen molar-refractivity contribution in [2.75, 3.05) is 12.3 Å². The van der Waals surface area contributed by atoms with Crippen LogP contribution in [0.25, 0.3) is 11.2 Å². The lowest BCUT2D eigenvalue weighted by molar-refractivity contribution is -0.0998. The van der Waals surface area contributed by atoms with Crippen LogP contribution < -0.4 is 5.73 Å². The summed E-state index contributed by atoms with van der Waals surface area (Å²) >= 11 is 0. The Morgan fingerprint density at radius 1 is 1.27 bits per heavy atom. The van der Waals surface area contributed by atoms with Gasteiger partial charge in [0.15, 0.2) is 26.0 Å². The Labute approximate surface area is 154 Å². The Kier molecular flexibility index (Phi) is 4.91. The highest BCUT2D eigenvalue weighted by atomic mass is 28.4. The predicted molar refractivity (Wildman–Crippen MR) is 102 cm³/mol. The molecule has 0 amide bonds. The lowest BCUT2D eigenvalue weighted by atomic mass is 10.1. The van der Waals surface area contributed by atoms with E-state index < -0.39 is 26.8 Å². The van der Waals surface area contributed by atoms with E-state index in [9.17, 15) is 5.11 Å². The zero-order valence-corrected chi connectivity index (χ0v) is 16.9. The topological polar surface area (TPSA) is 108 Å². The van der Waals surface area contributed by atoms with Crippen LogP contribution in [0.3, 0.4) is 0 Å². The van der Waals surface area contributed by atoms with Gasteiger partial charge >= 0.3 is 0 Å². The third-order valence-corrected chi connectivity index (χ3v) is 9.74. The van der Waals surface area contributed by atoms with Crippen LogP contribution >= 0.6 is 0 Å². The Balaban J connectivity index is 1.78. The molecule has 2 aromatic rings. The normalized spacial score (nSPS) is 24.3. The van der Waals surface area contributed by atoms with Gasteiger partial charge < -0.3 is 20.0 Å². The molecule has 8 nitrogen and oxygen atoms in total. The summed E-state index contributed by atoms with van der Waals surface area (Å²) in [6, 6.07) is 0. The monoisotopic (exact) mass is 377 g/mol. The van der Waals surface area contributed by atoms with Gasteiger partial charge in [0.05, 0.1) is 12.9 Å². The van der Waals surface area contributed by atoms with E-state index in [1.165, 1.54) is 6.33 Å². The molecule has 3 atom stereocenters. The zero-order chi connectivity index (χ0) is 19.1. The lowest BCUT2D eigenvalue weighted by Gasteiger charge is -2.38. The van der Waals surface area contributed by atoms with Gasteiger partial charge in [0.25, 0.3) is 0 Å². The van der Waals surface area contributed by atoms with Crippen LogP contribution in [0.5, 0.6) is 0 Å². The molecule has 1 aliphatic heterocycles. The van der Waals surface area contributed by atoms with Crippen molar-refractivity contribution >= 4 is 25.3 Å². The number of aliphatic hydroxyl groups excluding tert-OH is 1. The van der Waals surface area contributed by atoms with E-state index in [4.69, 9.17) is 14.9 Å². The number of aliphatic hydroxyl groups is 1. The van der Waals surface area contributed by atoms with Crippen molar-refractivity contribution in [1.82, 2.24) is 19.5 Å². The third-order valence-electron chi connectivity index (χ3n) is 5.24. The van der Waals surface area contributed by atoms with Gasteiger partial charge in [-0.15, -0.1) is 0 Å². The largest absolute Gasteiger partial charge is 0.414 e. The number of nitrogens with two attached hydrogens (primary N) is 1. The van der Waals surface area contributed by atoms with Crippen molar-refractivity contribution < 1.29 is 14.3 Å². The minimum Gasteiger partial charge on any atom is -0.414 e. The first-order valence-corrected chi connectivity index (χ1v) is 11.6. The molecule has 0 spiro atoms. The highest BCUT2D eigenvalue weighted by Gasteiger charge is 2.39. The van der Waals surface area contributed by atoms with Gasteiger partial charge in [-0.25, -0.2) is 15.0 Å². The standard InChI is InChI=1S/C17H27N5O3Si/c1-17(2,3)26(4,5)24-8-12-11(23)6-7-13(25-12)22-10-21-14-15(18)19-9-20-16(14)22/h6-7,9-13,23H,8H2,1-5H3,(H2,18,19,20)/t11-,12+,13+/m1/s1. The number of hydrogen-bond donors (Lipinski definition) is 2. The van der Waals surface area contributed by atoms with E-state index in [1.54, 1.807) is 23.0 Å². The lowest BCUT2D eigenvalue weighted by Crippen LogP contribution is -2.46. The maximum absolute atomic E-state index is 10.3. The second kappa shape index (κ2) is 6.73. The van der Waals surface area contributed by atoms with Gasteiger partial charge in [-0.2, -0.15) is 0 Å². The molecule has 0 radical (unpaired) electrons. The molecule has 0 aromatic carbocycles. The summed E-state index contributed by atoms with van der Waals surface area (Å²) in [7, 11) is -1.93.